The minimum absolute atomic E-state index is 0.0722. The molecule has 0 saturated carbocycles. The molecule has 1 heterocycles. The maximum atomic E-state index is 11.4. The molecule has 8 heteroatoms. The van der Waals surface area contributed by atoms with Crippen molar-refractivity contribution >= 4 is 44.4 Å². The first-order chi connectivity index (χ1) is 9.47. The summed E-state index contributed by atoms with van der Waals surface area (Å²) in [6.07, 6.45) is 1.82. The second kappa shape index (κ2) is 6.17. The number of benzene rings is 1. The molecule has 108 valence electrons. The third-order valence-electron chi connectivity index (χ3n) is 2.73. The molecule has 2 N–H and O–H groups in total. The van der Waals surface area contributed by atoms with Crippen LogP contribution in [0, 0.1) is 0 Å². The summed E-state index contributed by atoms with van der Waals surface area (Å²) in [4.78, 5) is 4.53. The van der Waals surface area contributed by atoms with Gasteiger partial charge < -0.3 is 4.57 Å². The summed E-state index contributed by atoms with van der Waals surface area (Å²) >= 11 is 7.02. The van der Waals surface area contributed by atoms with Crippen LogP contribution in [0.2, 0.25) is 0 Å². The molecule has 5 nitrogen and oxygen atoms in total. The van der Waals surface area contributed by atoms with E-state index in [9.17, 15) is 8.42 Å². The van der Waals surface area contributed by atoms with Crippen molar-refractivity contribution in [3.05, 3.63) is 29.8 Å². The zero-order valence-electron chi connectivity index (χ0n) is 10.8. The van der Waals surface area contributed by atoms with Gasteiger partial charge in [-0.15, -0.1) is 0 Å². The smallest absolute Gasteiger partial charge is 0.238 e. The maximum absolute atomic E-state index is 11.4. The predicted octanol–water partition coefficient (Wildman–Crippen LogP) is 2.55. The fourth-order valence-electron chi connectivity index (χ4n) is 1.84. The number of primary sulfonamides is 1. The van der Waals surface area contributed by atoms with Crippen LogP contribution in [0.15, 0.2) is 39.9 Å². The molecule has 0 bridgehead atoms. The molecule has 0 aliphatic rings. The van der Waals surface area contributed by atoms with Gasteiger partial charge in [0.05, 0.1) is 15.9 Å². The maximum Gasteiger partial charge on any atom is 0.238 e. The summed E-state index contributed by atoms with van der Waals surface area (Å²) in [5, 5.41) is 5.96. The molecule has 1 aromatic carbocycles. The van der Waals surface area contributed by atoms with Gasteiger partial charge in [0.1, 0.15) is 0 Å². The van der Waals surface area contributed by atoms with E-state index in [0.717, 1.165) is 17.2 Å². The predicted molar refractivity (Wildman–Crippen MR) is 82.5 cm³/mol. The fraction of sp³-hybridized carbons (Fsp3) is 0.250. The number of halogens is 1. The summed E-state index contributed by atoms with van der Waals surface area (Å²) in [7, 11) is -3.71. The largest absolute Gasteiger partial charge is 0.319 e. The highest BCUT2D eigenvalue weighted by Gasteiger charge is 2.14. The minimum Gasteiger partial charge on any atom is -0.319 e. The Morgan fingerprint density at radius 1 is 1.50 bits per heavy atom. The van der Waals surface area contributed by atoms with Crippen LogP contribution in [0.5, 0.6) is 0 Å². The van der Waals surface area contributed by atoms with E-state index in [2.05, 4.69) is 4.98 Å². The molecule has 0 atom stereocenters. The Morgan fingerprint density at radius 2 is 2.25 bits per heavy atom. The van der Waals surface area contributed by atoms with E-state index >= 15 is 0 Å². The topological polar surface area (TPSA) is 78.0 Å². The summed E-state index contributed by atoms with van der Waals surface area (Å²) in [6, 6.07) is 4.73. The summed E-state index contributed by atoms with van der Waals surface area (Å²) in [6.45, 7) is 2.76. The van der Waals surface area contributed by atoms with Gasteiger partial charge in [-0.1, -0.05) is 29.4 Å². The van der Waals surface area contributed by atoms with Gasteiger partial charge in [0.25, 0.3) is 0 Å². The Hall–Kier alpha value is -1.02. The minimum atomic E-state index is -3.71. The second-order valence-electron chi connectivity index (χ2n) is 4.01. The molecule has 0 aliphatic carbocycles. The average molecular weight is 332 g/mol. The number of imidazole rings is 1. The summed E-state index contributed by atoms with van der Waals surface area (Å²) in [5.74, 6) is 0.703. The molecular weight excluding hydrogens is 318 g/mol. The van der Waals surface area contributed by atoms with Crippen LogP contribution in [0.3, 0.4) is 0 Å². The number of nitrogens with zero attached hydrogens (tertiary/aromatic N) is 2. The first kappa shape index (κ1) is 15.4. The lowest BCUT2D eigenvalue weighted by molar-refractivity contribution is 0.598. The molecule has 0 aliphatic heterocycles. The van der Waals surface area contributed by atoms with Crippen molar-refractivity contribution < 1.29 is 8.42 Å². The fourth-order valence-corrected chi connectivity index (χ4v) is 3.46. The van der Waals surface area contributed by atoms with Crippen molar-refractivity contribution in [3.8, 4) is 0 Å². The molecule has 0 spiro atoms. The number of hydrogen-bond acceptors (Lipinski definition) is 4. The quantitative estimate of drug-likeness (QED) is 0.854. The van der Waals surface area contributed by atoms with E-state index < -0.39 is 10.0 Å². The van der Waals surface area contributed by atoms with Gasteiger partial charge in [0.15, 0.2) is 5.16 Å². The molecular formula is C12H14ClN3O2S2. The number of fused-ring (bicyclic) bond motifs is 1. The van der Waals surface area contributed by atoms with E-state index in [0.29, 0.717) is 11.3 Å². The second-order valence-corrected chi connectivity index (χ2v) is 6.81. The van der Waals surface area contributed by atoms with Crippen LogP contribution in [0.25, 0.3) is 11.0 Å². The van der Waals surface area contributed by atoms with Crippen LogP contribution in [0.1, 0.15) is 6.92 Å². The third-order valence-corrected chi connectivity index (χ3v) is 4.75. The highest BCUT2D eigenvalue weighted by Crippen LogP contribution is 2.25. The van der Waals surface area contributed by atoms with Gasteiger partial charge in [-0.05, 0) is 25.1 Å². The van der Waals surface area contributed by atoms with Crippen molar-refractivity contribution in [1.29, 1.82) is 0 Å². The normalized spacial score (nSPS) is 12.6. The number of aromatic nitrogens is 2. The van der Waals surface area contributed by atoms with Crippen molar-refractivity contribution in [2.45, 2.75) is 23.5 Å². The molecule has 0 unspecified atom stereocenters. The number of rotatable bonds is 5. The number of aryl methyl sites for hydroxylation is 1. The lowest BCUT2D eigenvalue weighted by atomic mass is 10.3. The SMILES string of the molecule is CCn1c(SC/C=C/Cl)nc2cc(S(N)(=O)=O)ccc21. The highest BCUT2D eigenvalue weighted by atomic mass is 35.5. The third kappa shape index (κ3) is 3.17. The van der Waals surface area contributed by atoms with E-state index in [1.54, 1.807) is 6.07 Å². The average Bonchev–Trinajstić information content (AvgIpc) is 2.74. The van der Waals surface area contributed by atoms with Crippen molar-refractivity contribution in [1.82, 2.24) is 9.55 Å². The molecule has 0 radical (unpaired) electrons. The van der Waals surface area contributed by atoms with Crippen molar-refractivity contribution in [2.75, 3.05) is 5.75 Å². The van der Waals surface area contributed by atoms with Crippen LogP contribution >= 0.6 is 23.4 Å². The lowest BCUT2D eigenvalue weighted by Crippen LogP contribution is -2.11. The van der Waals surface area contributed by atoms with Gasteiger partial charge in [0, 0.05) is 17.8 Å². The Balaban J connectivity index is 2.50. The Labute approximate surface area is 126 Å². The van der Waals surface area contributed by atoms with Crippen LogP contribution in [-0.4, -0.2) is 23.7 Å². The Morgan fingerprint density at radius 3 is 2.85 bits per heavy atom. The molecule has 2 aromatic rings. The zero-order valence-corrected chi connectivity index (χ0v) is 13.2. The first-order valence-corrected chi connectivity index (χ1v) is 8.85. The summed E-state index contributed by atoms with van der Waals surface area (Å²) < 4.78 is 24.7. The first-order valence-electron chi connectivity index (χ1n) is 5.88. The number of thioether (sulfide) groups is 1. The van der Waals surface area contributed by atoms with Gasteiger partial charge in [-0.25, -0.2) is 18.5 Å². The molecule has 2 rings (SSSR count). The number of nitrogens with two attached hydrogens (primary N) is 1. The van der Waals surface area contributed by atoms with E-state index in [1.807, 2.05) is 17.6 Å². The monoisotopic (exact) mass is 331 g/mol. The summed E-state index contributed by atoms with van der Waals surface area (Å²) in [5.41, 5.74) is 2.97. The Kier molecular flexibility index (Phi) is 4.74. The van der Waals surface area contributed by atoms with Gasteiger partial charge in [-0.3, -0.25) is 0 Å². The van der Waals surface area contributed by atoms with Gasteiger partial charge >= 0.3 is 0 Å². The Bertz CT molecular complexity index is 753. The van der Waals surface area contributed by atoms with Gasteiger partial charge in [0.2, 0.25) is 10.0 Å². The zero-order chi connectivity index (χ0) is 14.8. The van der Waals surface area contributed by atoms with Gasteiger partial charge in [-0.2, -0.15) is 0 Å². The van der Waals surface area contributed by atoms with Crippen LogP contribution in [0.4, 0.5) is 0 Å². The van der Waals surface area contributed by atoms with Crippen LogP contribution < -0.4 is 5.14 Å². The lowest BCUT2D eigenvalue weighted by Gasteiger charge is -2.04. The standard InChI is InChI=1S/C12H14ClN3O2S2/c1-2-16-11-5-4-9(20(14,17)18)8-10(11)15-12(16)19-7-3-6-13/h3-6,8H,2,7H2,1H3,(H2,14,17,18)/b6-3+. The van der Waals surface area contributed by atoms with E-state index in [4.69, 9.17) is 16.7 Å². The van der Waals surface area contributed by atoms with Crippen molar-refractivity contribution in [2.24, 2.45) is 5.14 Å². The van der Waals surface area contributed by atoms with E-state index in [-0.39, 0.29) is 4.90 Å². The number of sulfonamides is 1. The number of hydrogen-bond donors (Lipinski definition) is 1. The highest BCUT2D eigenvalue weighted by molar-refractivity contribution is 7.99. The molecule has 0 fully saturated rings. The molecule has 0 saturated heterocycles. The van der Waals surface area contributed by atoms with Crippen LogP contribution in [-0.2, 0) is 16.6 Å². The molecule has 1 aromatic heterocycles. The van der Waals surface area contributed by atoms with E-state index in [1.165, 1.54) is 29.4 Å². The molecule has 0 amide bonds. The van der Waals surface area contributed by atoms with Crippen molar-refractivity contribution in [3.63, 3.8) is 0 Å². The molecule has 20 heavy (non-hydrogen) atoms.